The van der Waals surface area contributed by atoms with E-state index in [4.69, 9.17) is 4.74 Å². The van der Waals surface area contributed by atoms with E-state index < -0.39 is 5.54 Å². The molecule has 3 aliphatic rings. The Hall–Kier alpha value is -1.93. The second-order valence-corrected chi connectivity index (χ2v) is 8.31. The minimum Gasteiger partial charge on any atom is -0.375 e. The monoisotopic (exact) mass is 389 g/mol. The van der Waals surface area contributed by atoms with Gasteiger partial charge >= 0.3 is 0 Å². The fourth-order valence-electron chi connectivity index (χ4n) is 5.24. The molecule has 154 valence electrons. The lowest BCUT2D eigenvalue weighted by atomic mass is 9.78. The van der Waals surface area contributed by atoms with Crippen LogP contribution in [0.3, 0.4) is 0 Å². The number of aromatic amines is 1. The zero-order valence-electron chi connectivity index (χ0n) is 16.9. The zero-order chi connectivity index (χ0) is 19.7. The molecule has 0 unspecified atom stereocenters. The van der Waals surface area contributed by atoms with E-state index >= 15 is 0 Å². The van der Waals surface area contributed by atoms with Gasteiger partial charge in [-0.25, -0.2) is 4.98 Å². The van der Waals surface area contributed by atoms with Gasteiger partial charge in [0.15, 0.2) is 0 Å². The minimum absolute atomic E-state index is 0.00123. The third kappa shape index (κ3) is 3.22. The summed E-state index contributed by atoms with van der Waals surface area (Å²) < 4.78 is 5.12. The number of methoxy groups -OCH3 is 1. The molecular formula is C20H31N5O3. The third-order valence-electron chi connectivity index (χ3n) is 6.79. The highest BCUT2D eigenvalue weighted by atomic mass is 16.5. The van der Waals surface area contributed by atoms with Crippen molar-refractivity contribution in [2.45, 2.75) is 50.1 Å². The third-order valence-corrected chi connectivity index (χ3v) is 6.79. The second kappa shape index (κ2) is 7.83. The highest BCUT2D eigenvalue weighted by Gasteiger charge is 2.49. The van der Waals surface area contributed by atoms with Crippen LogP contribution in [-0.2, 0) is 26.3 Å². The van der Waals surface area contributed by atoms with Gasteiger partial charge in [0.2, 0.25) is 11.8 Å². The van der Waals surface area contributed by atoms with Crippen LogP contribution in [0.25, 0.3) is 0 Å². The number of ether oxygens (including phenoxy) is 1. The predicted molar refractivity (Wildman–Crippen MR) is 104 cm³/mol. The van der Waals surface area contributed by atoms with E-state index in [-0.39, 0.29) is 24.5 Å². The average molecular weight is 390 g/mol. The van der Waals surface area contributed by atoms with Gasteiger partial charge in [0.25, 0.3) is 0 Å². The molecule has 1 aromatic rings. The van der Waals surface area contributed by atoms with Gasteiger partial charge in [-0.15, -0.1) is 0 Å². The number of nitrogens with zero attached hydrogens (tertiary/aromatic N) is 4. The lowest BCUT2D eigenvalue weighted by molar-refractivity contribution is -0.149. The molecule has 8 nitrogen and oxygen atoms in total. The van der Waals surface area contributed by atoms with Gasteiger partial charge in [0.05, 0.1) is 23.6 Å². The van der Waals surface area contributed by atoms with Crippen molar-refractivity contribution in [1.82, 2.24) is 24.7 Å². The number of nitrogens with one attached hydrogen (secondary N) is 1. The Morgan fingerprint density at radius 2 is 2.04 bits per heavy atom. The number of likely N-dealkylation sites (N-methyl/N-ethyl adjacent to an activating group) is 1. The summed E-state index contributed by atoms with van der Waals surface area (Å²) in [5.74, 6) is 0.243. The summed E-state index contributed by atoms with van der Waals surface area (Å²) in [6, 6.07) is 0.00123. The number of H-pyrrole nitrogens is 1. The zero-order valence-corrected chi connectivity index (χ0v) is 16.9. The van der Waals surface area contributed by atoms with Crippen LogP contribution in [0.4, 0.5) is 0 Å². The number of imidazole rings is 1. The molecule has 4 heterocycles. The van der Waals surface area contributed by atoms with Crippen LogP contribution in [0, 0.1) is 0 Å². The first kappa shape index (κ1) is 19.4. The molecule has 4 rings (SSSR count). The Bertz CT molecular complexity index is 725. The van der Waals surface area contributed by atoms with Crippen molar-refractivity contribution in [2.75, 3.05) is 46.9 Å². The van der Waals surface area contributed by atoms with E-state index in [1.165, 1.54) is 6.42 Å². The van der Waals surface area contributed by atoms with Crippen molar-refractivity contribution in [3.8, 4) is 0 Å². The van der Waals surface area contributed by atoms with E-state index in [0.717, 1.165) is 50.0 Å². The molecule has 8 heteroatoms. The first-order chi connectivity index (χ1) is 13.6. The standard InChI is InChI=1S/C20H31N5O3/c1-23-9-4-3-5-16(23)19(27)24-11-7-20(8-12-24)18-15(21-14-22-18)6-10-25(20)17(26)13-28-2/h14,16H,3-13H2,1-2H3,(H,21,22)/t16-/m1/s1. The lowest BCUT2D eigenvalue weighted by Gasteiger charge is -2.51. The Kier molecular flexibility index (Phi) is 5.42. The summed E-state index contributed by atoms with van der Waals surface area (Å²) in [5.41, 5.74) is 1.66. The maximum atomic E-state index is 13.1. The maximum Gasteiger partial charge on any atom is 0.249 e. The smallest absolute Gasteiger partial charge is 0.249 e. The van der Waals surface area contributed by atoms with Gasteiger partial charge in [-0.1, -0.05) is 6.42 Å². The van der Waals surface area contributed by atoms with Crippen LogP contribution in [0.2, 0.25) is 0 Å². The molecule has 1 aromatic heterocycles. The van der Waals surface area contributed by atoms with Gasteiger partial charge in [-0.3, -0.25) is 14.5 Å². The van der Waals surface area contributed by atoms with E-state index in [9.17, 15) is 9.59 Å². The molecule has 0 bridgehead atoms. The number of hydrogen-bond acceptors (Lipinski definition) is 5. The van der Waals surface area contributed by atoms with Gasteiger partial charge in [-0.05, 0) is 39.3 Å². The number of aromatic nitrogens is 2. The van der Waals surface area contributed by atoms with Gasteiger partial charge < -0.3 is 19.5 Å². The van der Waals surface area contributed by atoms with E-state index in [0.29, 0.717) is 19.6 Å². The molecule has 28 heavy (non-hydrogen) atoms. The molecule has 1 N–H and O–H groups in total. The van der Waals surface area contributed by atoms with Gasteiger partial charge in [-0.2, -0.15) is 0 Å². The van der Waals surface area contributed by atoms with Crippen molar-refractivity contribution < 1.29 is 14.3 Å². The van der Waals surface area contributed by atoms with Gasteiger partial charge in [0.1, 0.15) is 6.61 Å². The van der Waals surface area contributed by atoms with Crippen LogP contribution in [0.5, 0.6) is 0 Å². The number of piperidine rings is 2. The van der Waals surface area contributed by atoms with Crippen molar-refractivity contribution in [3.63, 3.8) is 0 Å². The first-order valence-electron chi connectivity index (χ1n) is 10.4. The Labute approximate surface area is 166 Å². The summed E-state index contributed by atoms with van der Waals surface area (Å²) >= 11 is 0. The van der Waals surface area contributed by atoms with Crippen LogP contribution in [0.15, 0.2) is 6.33 Å². The van der Waals surface area contributed by atoms with Crippen LogP contribution in [-0.4, -0.2) is 89.5 Å². The minimum atomic E-state index is -0.432. The number of amides is 2. The highest BCUT2D eigenvalue weighted by Crippen LogP contribution is 2.42. The number of hydrogen-bond donors (Lipinski definition) is 1. The molecule has 2 saturated heterocycles. The Morgan fingerprint density at radius 3 is 2.75 bits per heavy atom. The molecule has 0 saturated carbocycles. The van der Waals surface area contributed by atoms with Crippen molar-refractivity contribution in [1.29, 1.82) is 0 Å². The van der Waals surface area contributed by atoms with Gasteiger partial charge in [0, 0.05) is 38.9 Å². The number of fused-ring (bicyclic) bond motifs is 2. The molecule has 0 aliphatic carbocycles. The Morgan fingerprint density at radius 1 is 1.25 bits per heavy atom. The SMILES string of the molecule is COCC(=O)N1CCc2[nH]cnc2C12CCN(C(=O)[C@H]1CCCCN1C)CC2. The summed E-state index contributed by atoms with van der Waals surface area (Å²) in [7, 11) is 3.60. The van der Waals surface area contributed by atoms with Crippen LogP contribution in [0.1, 0.15) is 43.5 Å². The topological polar surface area (TPSA) is 81.8 Å². The van der Waals surface area contributed by atoms with Crippen molar-refractivity contribution in [2.24, 2.45) is 0 Å². The summed E-state index contributed by atoms with van der Waals surface area (Å²) in [4.78, 5) is 39.9. The predicted octanol–water partition coefficient (Wildman–Crippen LogP) is 0.743. The van der Waals surface area contributed by atoms with Crippen molar-refractivity contribution >= 4 is 11.8 Å². The fraction of sp³-hybridized carbons (Fsp3) is 0.750. The van der Waals surface area contributed by atoms with Crippen LogP contribution < -0.4 is 0 Å². The highest BCUT2D eigenvalue weighted by molar-refractivity contribution is 5.82. The fourth-order valence-corrected chi connectivity index (χ4v) is 5.24. The molecule has 1 spiro atoms. The normalized spacial score (nSPS) is 25.0. The van der Waals surface area contributed by atoms with E-state index in [1.807, 2.05) is 9.80 Å². The van der Waals surface area contributed by atoms with Crippen LogP contribution >= 0.6 is 0 Å². The number of carbonyl (C=O) groups excluding carboxylic acids is 2. The molecule has 1 atom stereocenters. The first-order valence-corrected chi connectivity index (χ1v) is 10.4. The molecule has 2 amide bonds. The molecule has 0 radical (unpaired) electrons. The quantitative estimate of drug-likeness (QED) is 0.825. The summed E-state index contributed by atoms with van der Waals surface area (Å²) in [5, 5.41) is 0. The number of likely N-dealkylation sites (tertiary alicyclic amines) is 2. The lowest BCUT2D eigenvalue weighted by Crippen LogP contribution is -2.61. The van der Waals surface area contributed by atoms with E-state index in [2.05, 4.69) is 21.9 Å². The molecule has 2 fully saturated rings. The second-order valence-electron chi connectivity index (χ2n) is 8.31. The maximum absolute atomic E-state index is 13.1. The average Bonchev–Trinajstić information content (AvgIpc) is 3.19. The molecular weight excluding hydrogens is 358 g/mol. The van der Waals surface area contributed by atoms with E-state index in [1.54, 1.807) is 13.4 Å². The van der Waals surface area contributed by atoms with Crippen molar-refractivity contribution in [3.05, 3.63) is 17.7 Å². The molecule has 3 aliphatic heterocycles. The Balaban J connectivity index is 1.53. The summed E-state index contributed by atoms with van der Waals surface area (Å²) in [6.45, 7) is 3.05. The number of carbonyl (C=O) groups is 2. The number of rotatable bonds is 3. The molecule has 0 aromatic carbocycles. The largest absolute Gasteiger partial charge is 0.375 e. The summed E-state index contributed by atoms with van der Waals surface area (Å²) in [6.07, 6.45) is 7.19.